The zero-order valence-electron chi connectivity index (χ0n) is 34.2. The fraction of sp³-hybridized carbons (Fsp3) is 0.977. The predicted molar refractivity (Wildman–Crippen MR) is 215 cm³/mol. The molecule has 0 aliphatic heterocycles. The van der Waals surface area contributed by atoms with Crippen molar-refractivity contribution in [3.05, 3.63) is 0 Å². The first-order chi connectivity index (χ1) is 24.8. The van der Waals surface area contributed by atoms with Crippen LogP contribution in [0, 0.1) is 0 Å². The molecule has 0 aromatic heterocycles. The molecule has 0 aromatic rings. The molecule has 1 N–H and O–H groups in total. The zero-order valence-corrected chi connectivity index (χ0v) is 34.2. The Kier molecular flexibility index (Phi) is 43.9. The van der Waals surface area contributed by atoms with Gasteiger partial charge in [0, 0.05) is 26.9 Å². The quantitative estimate of drug-likeness (QED) is 0.0637. The molecule has 0 saturated heterocycles. The maximum Gasteiger partial charge on any atom is 0.251 e. The Bertz CT molecular complexity index is 634. The first kappa shape index (κ1) is 49.3. The topological polar surface area (TPSA) is 66.0 Å². The Hall–Kier alpha value is -0.690. The van der Waals surface area contributed by atoms with Crippen LogP contribution in [0.1, 0.15) is 219 Å². The molecule has 6 nitrogen and oxygen atoms in total. The molecule has 0 aliphatic rings. The summed E-state index contributed by atoms with van der Waals surface area (Å²) in [5.41, 5.74) is 0. The van der Waals surface area contributed by atoms with Gasteiger partial charge in [0.2, 0.25) is 0 Å². The summed E-state index contributed by atoms with van der Waals surface area (Å²) in [6.07, 6.45) is 42.9. The molecule has 0 spiro atoms. The summed E-state index contributed by atoms with van der Waals surface area (Å²) in [7, 11) is 1.66. The van der Waals surface area contributed by atoms with Crippen molar-refractivity contribution >= 4 is 5.91 Å². The molecular weight excluding hydrogens is 622 g/mol. The molecule has 0 bridgehead atoms. The summed E-state index contributed by atoms with van der Waals surface area (Å²) < 4.78 is 22.5. The van der Waals surface area contributed by atoms with Gasteiger partial charge in [0.25, 0.3) is 5.91 Å². The van der Waals surface area contributed by atoms with Crippen molar-refractivity contribution in [2.45, 2.75) is 225 Å². The first-order valence-corrected chi connectivity index (χ1v) is 22.3. The average Bonchev–Trinajstić information content (AvgIpc) is 3.12. The molecule has 0 saturated carbocycles. The number of hydrogen-bond donors (Lipinski definition) is 1. The minimum absolute atomic E-state index is 0.0937. The second-order valence-electron chi connectivity index (χ2n) is 14.9. The monoisotopic (exact) mass is 712 g/mol. The highest BCUT2D eigenvalue weighted by Crippen LogP contribution is 2.15. The van der Waals surface area contributed by atoms with Gasteiger partial charge in [-0.15, -0.1) is 0 Å². The Labute approximate surface area is 313 Å². The Balaban J connectivity index is 3.87. The second-order valence-corrected chi connectivity index (χ2v) is 14.9. The van der Waals surface area contributed by atoms with Crippen LogP contribution in [-0.2, 0) is 23.7 Å². The molecule has 6 heteroatoms. The number of ether oxygens (including phenoxy) is 4. The summed E-state index contributed by atoms with van der Waals surface area (Å²) in [6, 6.07) is 0. The number of carbonyl (C=O) groups is 1. The van der Waals surface area contributed by atoms with Gasteiger partial charge in [-0.25, -0.2) is 0 Å². The van der Waals surface area contributed by atoms with E-state index >= 15 is 0 Å². The molecule has 300 valence electrons. The number of rotatable bonds is 44. The highest BCUT2D eigenvalue weighted by atomic mass is 16.5. The Morgan fingerprint density at radius 3 is 1.16 bits per heavy atom. The second kappa shape index (κ2) is 44.5. The molecular formula is C44H89NO5. The molecule has 0 fully saturated rings. The fourth-order valence-corrected chi connectivity index (χ4v) is 6.62. The van der Waals surface area contributed by atoms with Crippen LogP contribution >= 0.6 is 0 Å². The maximum atomic E-state index is 12.9. The molecule has 1 unspecified atom stereocenters. The van der Waals surface area contributed by atoms with E-state index in [1.807, 2.05) is 0 Å². The standard InChI is InChI=1S/C44H89NO5/c1-4-6-8-10-12-14-16-18-20-22-24-26-28-30-32-34-37-49-42-43(44(46)45-36-39-48-41-40-47-3)50-38-35-33-31-29-27-25-23-21-19-17-15-13-11-9-7-5-2/h43H,4-42H2,1-3H3,(H,45,46). The van der Waals surface area contributed by atoms with E-state index in [0.29, 0.717) is 46.2 Å². The molecule has 1 atom stereocenters. The normalized spacial score (nSPS) is 12.1. The lowest BCUT2D eigenvalue weighted by Gasteiger charge is -2.18. The van der Waals surface area contributed by atoms with Gasteiger partial charge in [-0.2, -0.15) is 0 Å². The van der Waals surface area contributed by atoms with E-state index in [1.165, 1.54) is 193 Å². The van der Waals surface area contributed by atoms with Gasteiger partial charge in [0.15, 0.2) is 6.10 Å². The van der Waals surface area contributed by atoms with Gasteiger partial charge >= 0.3 is 0 Å². The number of hydrogen-bond acceptors (Lipinski definition) is 5. The van der Waals surface area contributed by atoms with Gasteiger partial charge in [0.1, 0.15) is 0 Å². The van der Waals surface area contributed by atoms with E-state index in [0.717, 1.165) is 12.8 Å². The van der Waals surface area contributed by atoms with Crippen molar-refractivity contribution in [3.8, 4) is 0 Å². The van der Waals surface area contributed by atoms with Crippen LogP contribution in [0.2, 0.25) is 0 Å². The van der Waals surface area contributed by atoms with E-state index in [1.54, 1.807) is 7.11 Å². The van der Waals surface area contributed by atoms with E-state index in [2.05, 4.69) is 19.2 Å². The lowest BCUT2D eigenvalue weighted by molar-refractivity contribution is -0.137. The third-order valence-electron chi connectivity index (χ3n) is 10.00. The largest absolute Gasteiger partial charge is 0.382 e. The molecule has 1 amide bonds. The fourth-order valence-electron chi connectivity index (χ4n) is 6.62. The highest BCUT2D eigenvalue weighted by molar-refractivity contribution is 5.80. The van der Waals surface area contributed by atoms with Gasteiger partial charge in [-0.3, -0.25) is 4.79 Å². The molecule has 50 heavy (non-hydrogen) atoms. The van der Waals surface area contributed by atoms with Crippen LogP contribution in [0.3, 0.4) is 0 Å². The van der Waals surface area contributed by atoms with Crippen molar-refractivity contribution < 1.29 is 23.7 Å². The average molecular weight is 712 g/mol. The number of carbonyl (C=O) groups excluding carboxylic acids is 1. The molecule has 0 rings (SSSR count). The first-order valence-electron chi connectivity index (χ1n) is 22.3. The summed E-state index contributed by atoms with van der Waals surface area (Å²) in [6.45, 7) is 8.26. The third kappa shape index (κ3) is 40.1. The van der Waals surface area contributed by atoms with E-state index < -0.39 is 6.10 Å². The van der Waals surface area contributed by atoms with E-state index in [-0.39, 0.29) is 5.91 Å². The Morgan fingerprint density at radius 1 is 0.420 bits per heavy atom. The lowest BCUT2D eigenvalue weighted by atomic mass is 10.0. The van der Waals surface area contributed by atoms with E-state index in [9.17, 15) is 4.79 Å². The molecule has 0 heterocycles. The van der Waals surface area contributed by atoms with Crippen molar-refractivity contribution in [1.82, 2.24) is 5.32 Å². The van der Waals surface area contributed by atoms with Crippen molar-refractivity contribution in [2.75, 3.05) is 53.3 Å². The van der Waals surface area contributed by atoms with E-state index in [4.69, 9.17) is 18.9 Å². The van der Waals surface area contributed by atoms with Crippen molar-refractivity contribution in [2.24, 2.45) is 0 Å². The Morgan fingerprint density at radius 2 is 0.780 bits per heavy atom. The van der Waals surface area contributed by atoms with Crippen molar-refractivity contribution in [1.29, 1.82) is 0 Å². The maximum absolute atomic E-state index is 12.9. The van der Waals surface area contributed by atoms with Crippen LogP contribution in [0.4, 0.5) is 0 Å². The van der Waals surface area contributed by atoms with Gasteiger partial charge in [-0.1, -0.05) is 206 Å². The van der Waals surface area contributed by atoms with Crippen LogP contribution in [-0.4, -0.2) is 65.3 Å². The minimum Gasteiger partial charge on any atom is -0.382 e. The number of unbranched alkanes of at least 4 members (excludes halogenated alkanes) is 30. The van der Waals surface area contributed by atoms with Crippen molar-refractivity contribution in [3.63, 3.8) is 0 Å². The number of methoxy groups -OCH3 is 1. The zero-order chi connectivity index (χ0) is 36.3. The summed E-state index contributed by atoms with van der Waals surface area (Å²) in [5.74, 6) is -0.0937. The highest BCUT2D eigenvalue weighted by Gasteiger charge is 2.19. The van der Waals surface area contributed by atoms with Crippen LogP contribution < -0.4 is 5.32 Å². The minimum atomic E-state index is -0.550. The predicted octanol–water partition coefficient (Wildman–Crippen LogP) is 12.7. The summed E-state index contributed by atoms with van der Waals surface area (Å²) >= 11 is 0. The smallest absolute Gasteiger partial charge is 0.251 e. The molecule has 0 aromatic carbocycles. The summed E-state index contributed by atoms with van der Waals surface area (Å²) in [4.78, 5) is 12.9. The number of amides is 1. The van der Waals surface area contributed by atoms with Gasteiger partial charge in [-0.05, 0) is 12.8 Å². The SMILES string of the molecule is CCCCCCCCCCCCCCCCCCOCC(OCCCCCCCCCCCCCCCCCC)C(=O)NCCOCCOC. The molecule has 0 radical (unpaired) electrons. The summed E-state index contributed by atoms with van der Waals surface area (Å²) in [5, 5.41) is 2.97. The van der Waals surface area contributed by atoms with Crippen LogP contribution in [0.25, 0.3) is 0 Å². The van der Waals surface area contributed by atoms with Crippen LogP contribution in [0.5, 0.6) is 0 Å². The van der Waals surface area contributed by atoms with Gasteiger partial charge in [0.05, 0.1) is 26.4 Å². The third-order valence-corrected chi connectivity index (χ3v) is 10.00. The number of nitrogens with one attached hydrogen (secondary N) is 1. The van der Waals surface area contributed by atoms with Gasteiger partial charge < -0.3 is 24.3 Å². The van der Waals surface area contributed by atoms with Crippen LogP contribution in [0.15, 0.2) is 0 Å². The lowest BCUT2D eigenvalue weighted by Crippen LogP contribution is -2.41. The molecule has 0 aliphatic carbocycles.